The average Bonchev–Trinajstić information content (AvgIpc) is 2.69. The smallest absolute Gasteiger partial charge is 0.165 e. The summed E-state index contributed by atoms with van der Waals surface area (Å²) in [7, 11) is 3.20. The first-order valence-electron chi connectivity index (χ1n) is 9.10. The van der Waals surface area contributed by atoms with Crippen molar-refractivity contribution in [2.45, 2.75) is 19.2 Å². The fourth-order valence-electron chi connectivity index (χ4n) is 2.99. The zero-order valence-corrected chi connectivity index (χ0v) is 16.4. The maximum absolute atomic E-state index is 13.2. The second kappa shape index (κ2) is 11.4. The van der Waals surface area contributed by atoms with Crippen LogP contribution in [-0.4, -0.2) is 50.1 Å². The molecule has 1 N–H and O–H groups in total. The number of hydrogen-bond donors (Lipinski definition) is 1. The molecule has 0 fully saturated rings. The van der Waals surface area contributed by atoms with Gasteiger partial charge in [-0.15, -0.1) is 6.58 Å². The highest BCUT2D eigenvalue weighted by molar-refractivity contribution is 5.46. The number of aliphatic hydroxyl groups is 1. The zero-order valence-electron chi connectivity index (χ0n) is 16.4. The normalized spacial score (nSPS) is 12.0. The molecule has 0 amide bonds. The molecule has 6 heteroatoms. The Kier molecular flexibility index (Phi) is 8.94. The van der Waals surface area contributed by atoms with E-state index in [4.69, 9.17) is 14.2 Å². The summed E-state index contributed by atoms with van der Waals surface area (Å²) >= 11 is 0. The number of nitrogens with zero attached hydrogens (tertiary/aromatic N) is 1. The molecule has 0 aromatic heterocycles. The summed E-state index contributed by atoms with van der Waals surface area (Å²) in [6.45, 7) is 5.65. The Labute approximate surface area is 166 Å². The van der Waals surface area contributed by atoms with Crippen LogP contribution in [-0.2, 0) is 17.8 Å². The molecule has 0 saturated carbocycles. The number of hydrogen-bond acceptors (Lipinski definition) is 5. The SMILES string of the molecule is C=CCOC[C@H](O)CN(Cc1ccc(F)cc1)Cc1cccc(OC)c1OC. The average molecular weight is 389 g/mol. The predicted molar refractivity (Wildman–Crippen MR) is 107 cm³/mol. The molecule has 0 heterocycles. The summed E-state index contributed by atoms with van der Waals surface area (Å²) in [6, 6.07) is 12.0. The van der Waals surface area contributed by atoms with Gasteiger partial charge in [0.25, 0.3) is 0 Å². The van der Waals surface area contributed by atoms with Crippen molar-refractivity contribution in [2.24, 2.45) is 0 Å². The summed E-state index contributed by atoms with van der Waals surface area (Å²) in [5.74, 6) is 1.03. The third kappa shape index (κ3) is 6.64. The number of ether oxygens (including phenoxy) is 3. The van der Waals surface area contributed by atoms with Crippen molar-refractivity contribution in [2.75, 3.05) is 34.0 Å². The van der Waals surface area contributed by atoms with Crippen LogP contribution in [0.5, 0.6) is 11.5 Å². The quantitative estimate of drug-likeness (QED) is 0.445. The molecule has 152 valence electrons. The lowest BCUT2D eigenvalue weighted by Crippen LogP contribution is -2.34. The van der Waals surface area contributed by atoms with Gasteiger partial charge < -0.3 is 19.3 Å². The number of rotatable bonds is 12. The number of methoxy groups -OCH3 is 2. The second-order valence-corrected chi connectivity index (χ2v) is 6.43. The van der Waals surface area contributed by atoms with Crippen molar-refractivity contribution in [3.63, 3.8) is 0 Å². The summed E-state index contributed by atoms with van der Waals surface area (Å²) < 4.78 is 29.5. The van der Waals surface area contributed by atoms with Crippen LogP contribution in [0.1, 0.15) is 11.1 Å². The summed E-state index contributed by atoms with van der Waals surface area (Å²) in [6.07, 6.45) is 0.974. The summed E-state index contributed by atoms with van der Waals surface area (Å²) in [4.78, 5) is 2.06. The number of halogens is 1. The van der Waals surface area contributed by atoms with Crippen LogP contribution < -0.4 is 9.47 Å². The van der Waals surface area contributed by atoms with Crippen molar-refractivity contribution in [1.29, 1.82) is 0 Å². The third-order valence-corrected chi connectivity index (χ3v) is 4.21. The second-order valence-electron chi connectivity index (χ2n) is 6.43. The van der Waals surface area contributed by atoms with Crippen LogP contribution >= 0.6 is 0 Å². The molecule has 28 heavy (non-hydrogen) atoms. The van der Waals surface area contributed by atoms with Crippen LogP contribution in [0.25, 0.3) is 0 Å². The predicted octanol–water partition coefficient (Wildman–Crippen LogP) is 3.41. The molecular weight excluding hydrogens is 361 g/mol. The molecule has 2 rings (SSSR count). The third-order valence-electron chi connectivity index (χ3n) is 4.21. The van der Waals surface area contributed by atoms with Gasteiger partial charge in [0.15, 0.2) is 11.5 Å². The lowest BCUT2D eigenvalue weighted by Gasteiger charge is -2.26. The Bertz CT molecular complexity index is 736. The molecule has 0 radical (unpaired) electrons. The molecule has 2 aromatic carbocycles. The van der Waals surface area contributed by atoms with Gasteiger partial charge in [0, 0.05) is 25.2 Å². The van der Waals surface area contributed by atoms with Crippen LogP contribution in [0.2, 0.25) is 0 Å². The van der Waals surface area contributed by atoms with E-state index < -0.39 is 6.10 Å². The van der Waals surface area contributed by atoms with E-state index in [1.807, 2.05) is 18.2 Å². The van der Waals surface area contributed by atoms with Crippen LogP contribution in [0, 0.1) is 5.82 Å². The van der Waals surface area contributed by atoms with E-state index in [1.165, 1.54) is 12.1 Å². The zero-order chi connectivity index (χ0) is 20.4. The molecule has 0 bridgehead atoms. The summed E-state index contributed by atoms with van der Waals surface area (Å²) in [5.41, 5.74) is 1.88. The number of benzene rings is 2. The standard InChI is InChI=1S/C22H28FNO4/c1-4-12-28-16-20(25)15-24(13-17-8-10-19(23)11-9-17)14-18-6-5-7-21(26-2)22(18)27-3/h4-11,20,25H,1,12-16H2,2-3H3/t20-/m1/s1. The highest BCUT2D eigenvalue weighted by Gasteiger charge is 2.17. The summed E-state index contributed by atoms with van der Waals surface area (Å²) in [5, 5.41) is 10.4. The van der Waals surface area contributed by atoms with E-state index >= 15 is 0 Å². The molecule has 0 unspecified atom stereocenters. The van der Waals surface area contributed by atoms with Crippen LogP contribution in [0.15, 0.2) is 55.1 Å². The van der Waals surface area contributed by atoms with E-state index in [0.717, 1.165) is 11.1 Å². The minimum Gasteiger partial charge on any atom is -0.493 e. The van der Waals surface area contributed by atoms with Crippen LogP contribution in [0.3, 0.4) is 0 Å². The highest BCUT2D eigenvalue weighted by atomic mass is 19.1. The highest BCUT2D eigenvalue weighted by Crippen LogP contribution is 2.31. The van der Waals surface area contributed by atoms with Crippen LogP contribution in [0.4, 0.5) is 4.39 Å². The Balaban J connectivity index is 2.17. The molecule has 0 saturated heterocycles. The fraction of sp³-hybridized carbons (Fsp3) is 0.364. The van der Waals surface area contributed by atoms with Crippen molar-refractivity contribution >= 4 is 0 Å². The molecule has 0 spiro atoms. The maximum Gasteiger partial charge on any atom is 0.165 e. The number of para-hydroxylation sites is 1. The van der Waals surface area contributed by atoms with Gasteiger partial charge in [-0.25, -0.2) is 4.39 Å². The first-order chi connectivity index (χ1) is 13.6. The molecule has 0 aliphatic rings. The van der Waals surface area contributed by atoms with Gasteiger partial charge in [-0.05, 0) is 23.8 Å². The van der Waals surface area contributed by atoms with E-state index in [0.29, 0.717) is 37.7 Å². The number of aliphatic hydroxyl groups excluding tert-OH is 1. The molecule has 2 aromatic rings. The Morgan fingerprint density at radius 2 is 1.86 bits per heavy atom. The monoisotopic (exact) mass is 389 g/mol. The largest absolute Gasteiger partial charge is 0.493 e. The molecular formula is C22H28FNO4. The van der Waals surface area contributed by atoms with Gasteiger partial charge in [-0.3, -0.25) is 4.90 Å². The van der Waals surface area contributed by atoms with E-state index in [-0.39, 0.29) is 12.4 Å². The van der Waals surface area contributed by atoms with Gasteiger partial charge in [0.05, 0.1) is 33.5 Å². The fourth-order valence-corrected chi connectivity index (χ4v) is 2.99. The Morgan fingerprint density at radius 3 is 2.50 bits per heavy atom. The lowest BCUT2D eigenvalue weighted by molar-refractivity contribution is 0.0227. The topological polar surface area (TPSA) is 51.2 Å². The molecule has 1 atom stereocenters. The first-order valence-corrected chi connectivity index (χ1v) is 9.10. The van der Waals surface area contributed by atoms with Gasteiger partial charge in [0.1, 0.15) is 5.82 Å². The van der Waals surface area contributed by atoms with Gasteiger partial charge in [0.2, 0.25) is 0 Å². The lowest BCUT2D eigenvalue weighted by atomic mass is 10.1. The van der Waals surface area contributed by atoms with Gasteiger partial charge >= 0.3 is 0 Å². The van der Waals surface area contributed by atoms with Gasteiger partial charge in [-0.2, -0.15) is 0 Å². The first kappa shape index (κ1) is 21.9. The molecule has 0 aliphatic carbocycles. The van der Waals surface area contributed by atoms with Crippen molar-refractivity contribution in [3.8, 4) is 11.5 Å². The van der Waals surface area contributed by atoms with E-state index in [2.05, 4.69) is 11.5 Å². The maximum atomic E-state index is 13.2. The minimum absolute atomic E-state index is 0.210. The van der Waals surface area contributed by atoms with E-state index in [9.17, 15) is 9.50 Å². The van der Waals surface area contributed by atoms with Crippen molar-refractivity contribution < 1.29 is 23.7 Å². The van der Waals surface area contributed by atoms with Crippen molar-refractivity contribution in [1.82, 2.24) is 4.90 Å². The van der Waals surface area contributed by atoms with E-state index in [1.54, 1.807) is 32.4 Å². The molecule has 0 aliphatic heterocycles. The molecule has 5 nitrogen and oxygen atoms in total. The van der Waals surface area contributed by atoms with Gasteiger partial charge in [-0.1, -0.05) is 30.3 Å². The Hall–Kier alpha value is -2.41. The minimum atomic E-state index is -0.669. The van der Waals surface area contributed by atoms with Crippen molar-refractivity contribution in [3.05, 3.63) is 72.1 Å². The Morgan fingerprint density at radius 1 is 1.11 bits per heavy atom.